The maximum atomic E-state index is 7.50. The van der Waals surface area contributed by atoms with Gasteiger partial charge in [-0.3, -0.25) is 0 Å². The Labute approximate surface area is 104 Å². The second-order valence-corrected chi connectivity index (χ2v) is 2.06. The molecular weight excluding hydrogens is 246 g/mol. The van der Waals surface area contributed by atoms with E-state index in [4.69, 9.17) is 14.0 Å². The molecule has 1 aromatic heterocycles. The van der Waals surface area contributed by atoms with Gasteiger partial charge in [0.15, 0.2) is 0 Å². The molecule has 1 N–H and O–H groups in total. The maximum absolute atomic E-state index is 7.50. The number of hydrogen-bond donors (Lipinski definition) is 1. The third-order valence-electron chi connectivity index (χ3n) is 1.46. The van der Waals surface area contributed by atoms with E-state index in [2.05, 4.69) is 43.1 Å². The number of fused-ring (bicyclic) bond motifs is 1. The Hall–Kier alpha value is -1.49. The van der Waals surface area contributed by atoms with Gasteiger partial charge in [0.05, 0.1) is 0 Å². The van der Waals surface area contributed by atoms with E-state index in [0.717, 1.165) is 0 Å². The maximum Gasteiger partial charge on any atom is 0.0453 e. The van der Waals surface area contributed by atoms with E-state index in [1.165, 1.54) is 10.9 Å². The number of H-pyrrole nitrogens is 1. The zero-order chi connectivity index (χ0) is 12.1. The summed E-state index contributed by atoms with van der Waals surface area (Å²) in [6, 6.07) is 10.3. The van der Waals surface area contributed by atoms with Crippen LogP contribution >= 0.6 is 0 Å². The fourth-order valence-corrected chi connectivity index (χ4v) is 0.995. The van der Waals surface area contributed by atoms with Crippen molar-refractivity contribution in [3.8, 4) is 0 Å². The van der Waals surface area contributed by atoms with Crippen LogP contribution < -0.4 is 0 Å². The zero-order valence-electron chi connectivity index (χ0n) is 8.10. The summed E-state index contributed by atoms with van der Waals surface area (Å²) >= 11 is 0. The topological polar surface area (TPSA) is 75.5 Å². The van der Waals surface area contributed by atoms with Crippen LogP contribution in [-0.4, -0.2) is 4.98 Å². The van der Waals surface area contributed by atoms with Crippen molar-refractivity contribution in [3.05, 3.63) is 56.5 Å². The Bertz CT molecular complexity index is 387. The largest absolute Gasteiger partial charge is 0.361 e. The second-order valence-electron chi connectivity index (χ2n) is 2.06. The molecule has 5 heteroatoms. The summed E-state index contributed by atoms with van der Waals surface area (Å²) in [6.45, 7) is 13.5. The van der Waals surface area contributed by atoms with Crippen molar-refractivity contribution in [2.24, 2.45) is 0 Å². The molecule has 1 heterocycles. The average Bonchev–Trinajstić information content (AvgIpc) is 2.85. The quantitative estimate of drug-likeness (QED) is 0.551. The van der Waals surface area contributed by atoms with Crippen molar-refractivity contribution >= 4 is 10.9 Å². The first-order valence-electron chi connectivity index (χ1n) is 3.60. The number of hydrogen-bond acceptors (Lipinski definition) is 0. The third-order valence-corrected chi connectivity index (χ3v) is 1.46. The fourth-order valence-electron chi connectivity index (χ4n) is 0.995. The van der Waals surface area contributed by atoms with Crippen LogP contribution in [0.25, 0.3) is 10.9 Å². The molecule has 0 atom stereocenters. The van der Waals surface area contributed by atoms with Crippen LogP contribution in [0.5, 0.6) is 0 Å². The molecule has 0 saturated carbocycles. The van der Waals surface area contributed by atoms with E-state index in [9.17, 15) is 0 Å². The van der Waals surface area contributed by atoms with E-state index in [1.807, 2.05) is 18.3 Å². The Morgan fingerprint density at radius 1 is 0.812 bits per heavy atom. The van der Waals surface area contributed by atoms with Gasteiger partial charge in [-0.25, -0.2) is 0 Å². The van der Waals surface area contributed by atoms with Crippen LogP contribution in [0.1, 0.15) is 0 Å². The molecule has 0 aliphatic heterocycles. The molecule has 0 radical (unpaired) electrons. The molecule has 80 valence electrons. The van der Waals surface area contributed by atoms with Crippen LogP contribution in [0, 0.1) is 20.0 Å². The monoisotopic (exact) mass is 253 g/mol. The predicted molar refractivity (Wildman–Crippen MR) is 50.1 cm³/mol. The second kappa shape index (κ2) is 16.0. The van der Waals surface area contributed by atoms with E-state index >= 15 is 0 Å². The van der Waals surface area contributed by atoms with Crippen LogP contribution in [0.15, 0.2) is 36.5 Å². The first-order chi connectivity index (χ1) is 7.47. The van der Waals surface area contributed by atoms with Gasteiger partial charge in [-0.2, -0.15) is 0 Å². The summed E-state index contributed by atoms with van der Waals surface area (Å²) in [5.74, 6) is 0. The minimum Gasteiger partial charge on any atom is -0.361 e. The summed E-state index contributed by atoms with van der Waals surface area (Å²) in [5, 5.41) is 1.28. The SMILES string of the molecule is [C-]#[O+].[C-]#[O+].[C-]#[O+].[Cr].c1ccc2[nH]ccc2c1. The fraction of sp³-hybridized carbons (Fsp3) is 0. The number of rotatable bonds is 0. The molecule has 16 heavy (non-hydrogen) atoms. The van der Waals surface area contributed by atoms with Crippen molar-refractivity contribution in [3.63, 3.8) is 0 Å². The van der Waals surface area contributed by atoms with Gasteiger partial charge in [0.25, 0.3) is 0 Å². The number of para-hydroxylation sites is 1. The van der Waals surface area contributed by atoms with Crippen molar-refractivity contribution in [1.82, 2.24) is 4.98 Å². The first-order valence-corrected chi connectivity index (χ1v) is 3.60. The van der Waals surface area contributed by atoms with Gasteiger partial charge >= 0.3 is 33.9 Å². The molecule has 0 bridgehead atoms. The Morgan fingerprint density at radius 3 is 1.81 bits per heavy atom. The number of aromatic nitrogens is 1. The molecule has 2 rings (SSSR count). The van der Waals surface area contributed by atoms with Crippen LogP contribution in [0.2, 0.25) is 0 Å². The van der Waals surface area contributed by atoms with Crippen LogP contribution in [0.3, 0.4) is 0 Å². The average molecular weight is 253 g/mol. The zero-order valence-corrected chi connectivity index (χ0v) is 9.37. The Kier molecular flexibility index (Phi) is 19.9. The normalized spacial score (nSPS) is 6.12. The third kappa shape index (κ3) is 6.89. The summed E-state index contributed by atoms with van der Waals surface area (Å²) in [7, 11) is 0. The Balaban J connectivity index is -0.000000214. The van der Waals surface area contributed by atoms with E-state index in [1.54, 1.807) is 0 Å². The van der Waals surface area contributed by atoms with Gasteiger partial charge in [0.2, 0.25) is 0 Å². The summed E-state index contributed by atoms with van der Waals surface area (Å²) < 4.78 is 22.5. The molecule has 2 aromatic rings. The van der Waals surface area contributed by atoms with E-state index < -0.39 is 0 Å². The number of aromatic amines is 1. The van der Waals surface area contributed by atoms with Crippen molar-refractivity contribution < 1.29 is 31.3 Å². The minimum atomic E-state index is 0. The van der Waals surface area contributed by atoms with Gasteiger partial charge in [-0.1, -0.05) is 18.2 Å². The van der Waals surface area contributed by atoms with E-state index in [-0.39, 0.29) is 17.4 Å². The predicted octanol–water partition coefficient (Wildman–Crippen LogP) is 2.05. The smallest absolute Gasteiger partial charge is 0.0453 e. The standard InChI is InChI=1S/C8H7N.3CO.Cr/c1-2-4-8-7(3-1)5-6-9-8;3*1-2;/h1-6,9H;;;;. The Morgan fingerprint density at radius 2 is 1.31 bits per heavy atom. The van der Waals surface area contributed by atoms with Crippen molar-refractivity contribution in [2.75, 3.05) is 0 Å². The summed E-state index contributed by atoms with van der Waals surface area (Å²) in [6.07, 6.45) is 1.95. The molecule has 0 aliphatic carbocycles. The molecule has 0 amide bonds. The van der Waals surface area contributed by atoms with Gasteiger partial charge in [0, 0.05) is 29.1 Å². The number of nitrogens with one attached hydrogen (secondary N) is 1. The van der Waals surface area contributed by atoms with Gasteiger partial charge < -0.3 is 4.98 Å². The van der Waals surface area contributed by atoms with E-state index in [0.29, 0.717) is 0 Å². The molecule has 1 aromatic carbocycles. The molecule has 4 nitrogen and oxygen atoms in total. The summed E-state index contributed by atoms with van der Waals surface area (Å²) in [4.78, 5) is 3.12. The van der Waals surface area contributed by atoms with Crippen LogP contribution in [-0.2, 0) is 31.3 Å². The van der Waals surface area contributed by atoms with Crippen molar-refractivity contribution in [2.45, 2.75) is 0 Å². The molecule has 0 saturated heterocycles. The molecule has 0 unspecified atom stereocenters. The van der Waals surface area contributed by atoms with Gasteiger partial charge in [0.1, 0.15) is 0 Å². The van der Waals surface area contributed by atoms with Crippen molar-refractivity contribution in [1.29, 1.82) is 0 Å². The first kappa shape index (κ1) is 20.0. The number of benzene rings is 1. The summed E-state index contributed by atoms with van der Waals surface area (Å²) in [5.41, 5.74) is 1.21. The molecule has 0 spiro atoms. The minimum absolute atomic E-state index is 0. The molecule has 0 fully saturated rings. The molecular formula is C11H7CrNO3. The molecule has 0 aliphatic rings. The van der Waals surface area contributed by atoms with Crippen LogP contribution in [0.4, 0.5) is 0 Å². The van der Waals surface area contributed by atoms with Gasteiger partial charge in [-0.05, 0) is 17.5 Å². The van der Waals surface area contributed by atoms with Gasteiger partial charge in [-0.15, -0.1) is 0 Å².